The molecule has 0 N–H and O–H groups in total. The minimum absolute atomic E-state index is 0.0598. The van der Waals surface area contributed by atoms with Crippen LogP contribution in [0, 0.1) is 23.0 Å². The molecule has 1 unspecified atom stereocenters. The summed E-state index contributed by atoms with van der Waals surface area (Å²) in [5.41, 5.74) is 2.04. The van der Waals surface area contributed by atoms with Crippen LogP contribution in [0.15, 0.2) is 24.5 Å². The molecule has 0 aliphatic carbocycles. The molecule has 0 amide bonds. The standard InChI is InChI=1S/C16H14F2N4/c1-2-14-11-3-4-13(17)16(18)12(11)5-6-22(14)10-8-20-15(7-19)21-9-10/h3-4,8-9,14H,2,5-6H2,1H3. The molecule has 1 aromatic carbocycles. The summed E-state index contributed by atoms with van der Waals surface area (Å²) in [5, 5.41) is 8.76. The number of halogens is 2. The van der Waals surface area contributed by atoms with E-state index in [4.69, 9.17) is 5.26 Å². The summed E-state index contributed by atoms with van der Waals surface area (Å²) in [6, 6.07) is 4.65. The molecule has 0 radical (unpaired) electrons. The highest BCUT2D eigenvalue weighted by Crippen LogP contribution is 2.36. The first kappa shape index (κ1) is 14.4. The van der Waals surface area contributed by atoms with Crippen LogP contribution in [-0.4, -0.2) is 16.5 Å². The number of hydrogen-bond acceptors (Lipinski definition) is 4. The quantitative estimate of drug-likeness (QED) is 0.855. The molecule has 0 saturated carbocycles. The molecule has 112 valence electrons. The maximum absolute atomic E-state index is 14.0. The van der Waals surface area contributed by atoms with Crippen molar-refractivity contribution in [3.05, 3.63) is 53.1 Å². The van der Waals surface area contributed by atoms with E-state index in [2.05, 4.69) is 14.9 Å². The molecule has 1 atom stereocenters. The number of nitrogens with zero attached hydrogens (tertiary/aromatic N) is 4. The van der Waals surface area contributed by atoms with Gasteiger partial charge in [-0.15, -0.1) is 0 Å². The van der Waals surface area contributed by atoms with Gasteiger partial charge in [-0.3, -0.25) is 0 Å². The summed E-state index contributed by atoms with van der Waals surface area (Å²) in [5.74, 6) is -1.43. The fraction of sp³-hybridized carbons (Fsp3) is 0.312. The Hall–Kier alpha value is -2.55. The Labute approximate surface area is 127 Å². The Morgan fingerprint density at radius 2 is 2.05 bits per heavy atom. The van der Waals surface area contributed by atoms with Crippen LogP contribution in [0.4, 0.5) is 14.5 Å². The SMILES string of the molecule is CCC1c2ccc(F)c(F)c2CCN1c1cnc(C#N)nc1. The summed E-state index contributed by atoms with van der Waals surface area (Å²) in [6.07, 6.45) is 4.37. The fourth-order valence-corrected chi connectivity index (χ4v) is 3.01. The molecule has 2 aromatic rings. The van der Waals surface area contributed by atoms with Crippen molar-refractivity contribution >= 4 is 5.69 Å². The number of benzene rings is 1. The Balaban J connectivity index is 2.01. The third-order valence-electron chi connectivity index (χ3n) is 4.03. The molecule has 22 heavy (non-hydrogen) atoms. The van der Waals surface area contributed by atoms with Gasteiger partial charge in [-0.25, -0.2) is 18.7 Å². The monoisotopic (exact) mass is 300 g/mol. The van der Waals surface area contributed by atoms with Crippen molar-refractivity contribution in [2.75, 3.05) is 11.4 Å². The highest BCUT2D eigenvalue weighted by atomic mass is 19.2. The van der Waals surface area contributed by atoms with Crippen LogP contribution in [0.25, 0.3) is 0 Å². The van der Waals surface area contributed by atoms with Gasteiger partial charge in [0.25, 0.3) is 0 Å². The molecule has 1 aromatic heterocycles. The lowest BCUT2D eigenvalue weighted by Crippen LogP contribution is -2.36. The second kappa shape index (κ2) is 5.68. The molecule has 1 aliphatic rings. The van der Waals surface area contributed by atoms with E-state index in [9.17, 15) is 8.78 Å². The summed E-state index contributed by atoms with van der Waals surface area (Å²) in [7, 11) is 0. The van der Waals surface area contributed by atoms with Gasteiger partial charge in [0.05, 0.1) is 24.1 Å². The normalized spacial score (nSPS) is 17.0. The van der Waals surface area contributed by atoms with E-state index in [1.807, 2.05) is 13.0 Å². The van der Waals surface area contributed by atoms with Crippen molar-refractivity contribution in [1.82, 2.24) is 9.97 Å². The average Bonchev–Trinajstić information content (AvgIpc) is 2.57. The predicted octanol–water partition coefficient (Wildman–Crippen LogP) is 3.14. The average molecular weight is 300 g/mol. The number of nitriles is 1. The van der Waals surface area contributed by atoms with Crippen molar-refractivity contribution in [3.63, 3.8) is 0 Å². The summed E-state index contributed by atoms with van der Waals surface area (Å²) < 4.78 is 27.4. The van der Waals surface area contributed by atoms with Crippen LogP contribution in [0.2, 0.25) is 0 Å². The second-order valence-electron chi connectivity index (χ2n) is 5.17. The maximum atomic E-state index is 14.0. The zero-order chi connectivity index (χ0) is 15.7. The number of hydrogen-bond donors (Lipinski definition) is 0. The van der Waals surface area contributed by atoms with Gasteiger partial charge < -0.3 is 4.90 Å². The van der Waals surface area contributed by atoms with Gasteiger partial charge in [-0.2, -0.15) is 5.26 Å². The Morgan fingerprint density at radius 3 is 2.68 bits per heavy atom. The molecule has 1 aliphatic heterocycles. The van der Waals surface area contributed by atoms with E-state index in [0.717, 1.165) is 17.7 Å². The predicted molar refractivity (Wildman–Crippen MR) is 77.2 cm³/mol. The smallest absolute Gasteiger partial charge is 0.232 e. The highest BCUT2D eigenvalue weighted by molar-refractivity contribution is 5.50. The first-order chi connectivity index (χ1) is 10.7. The van der Waals surface area contributed by atoms with Crippen molar-refractivity contribution in [1.29, 1.82) is 5.26 Å². The highest BCUT2D eigenvalue weighted by Gasteiger charge is 2.29. The molecule has 0 fully saturated rings. The van der Waals surface area contributed by atoms with Gasteiger partial charge in [0, 0.05) is 6.54 Å². The zero-order valence-corrected chi connectivity index (χ0v) is 12.1. The number of aromatic nitrogens is 2. The van der Waals surface area contributed by atoms with Gasteiger partial charge in [0.2, 0.25) is 5.82 Å². The van der Waals surface area contributed by atoms with Crippen molar-refractivity contribution in [2.24, 2.45) is 0 Å². The molecule has 0 saturated heterocycles. The zero-order valence-electron chi connectivity index (χ0n) is 12.1. The van der Waals surface area contributed by atoms with Crippen molar-refractivity contribution < 1.29 is 8.78 Å². The fourth-order valence-electron chi connectivity index (χ4n) is 3.01. The Kier molecular flexibility index (Phi) is 3.72. The molecule has 4 nitrogen and oxygen atoms in total. The van der Waals surface area contributed by atoms with Gasteiger partial charge >= 0.3 is 0 Å². The second-order valence-corrected chi connectivity index (χ2v) is 5.17. The Bertz CT molecular complexity index is 737. The van der Waals surface area contributed by atoms with Crippen LogP contribution in [0.1, 0.15) is 36.3 Å². The molecule has 6 heteroatoms. The summed E-state index contributed by atoms with van der Waals surface area (Å²) >= 11 is 0. The van der Waals surface area contributed by atoms with Crippen molar-refractivity contribution in [3.8, 4) is 6.07 Å². The number of rotatable bonds is 2. The van der Waals surface area contributed by atoms with E-state index in [0.29, 0.717) is 18.5 Å². The number of anilines is 1. The topological polar surface area (TPSA) is 52.8 Å². The lowest BCUT2D eigenvalue weighted by atomic mass is 9.90. The molecular formula is C16H14F2N4. The van der Waals surface area contributed by atoms with Crippen LogP contribution < -0.4 is 4.90 Å². The Morgan fingerprint density at radius 1 is 1.32 bits per heavy atom. The summed E-state index contributed by atoms with van der Waals surface area (Å²) in [6.45, 7) is 2.56. The van der Waals surface area contributed by atoms with Crippen molar-refractivity contribution in [2.45, 2.75) is 25.8 Å². The number of fused-ring (bicyclic) bond motifs is 1. The molecular weight excluding hydrogens is 286 g/mol. The minimum atomic E-state index is -0.802. The lowest BCUT2D eigenvalue weighted by molar-refractivity contribution is 0.477. The maximum Gasteiger partial charge on any atom is 0.232 e. The molecule has 0 spiro atoms. The van der Waals surface area contributed by atoms with Crippen LogP contribution in [-0.2, 0) is 6.42 Å². The van der Waals surface area contributed by atoms with Gasteiger partial charge in [0.15, 0.2) is 11.6 Å². The lowest BCUT2D eigenvalue weighted by Gasteiger charge is -2.38. The largest absolute Gasteiger partial charge is 0.362 e. The van der Waals surface area contributed by atoms with Gasteiger partial charge in [0.1, 0.15) is 6.07 Å². The van der Waals surface area contributed by atoms with E-state index in [1.165, 1.54) is 6.07 Å². The van der Waals surface area contributed by atoms with E-state index < -0.39 is 11.6 Å². The van der Waals surface area contributed by atoms with E-state index in [1.54, 1.807) is 18.5 Å². The molecule has 2 heterocycles. The van der Waals surface area contributed by atoms with Crippen LogP contribution >= 0.6 is 0 Å². The molecule has 3 rings (SSSR count). The van der Waals surface area contributed by atoms with E-state index in [-0.39, 0.29) is 11.9 Å². The third-order valence-corrected chi connectivity index (χ3v) is 4.03. The minimum Gasteiger partial charge on any atom is -0.362 e. The first-order valence-corrected chi connectivity index (χ1v) is 7.11. The van der Waals surface area contributed by atoms with Gasteiger partial charge in [-0.05, 0) is 30.0 Å². The van der Waals surface area contributed by atoms with Crippen LogP contribution in [0.5, 0.6) is 0 Å². The van der Waals surface area contributed by atoms with Crippen LogP contribution in [0.3, 0.4) is 0 Å². The first-order valence-electron chi connectivity index (χ1n) is 7.11. The third kappa shape index (κ3) is 2.29. The van der Waals surface area contributed by atoms with Gasteiger partial charge in [-0.1, -0.05) is 13.0 Å². The van der Waals surface area contributed by atoms with E-state index >= 15 is 0 Å². The molecule has 0 bridgehead atoms. The summed E-state index contributed by atoms with van der Waals surface area (Å²) in [4.78, 5) is 10.0.